The molecule has 0 aliphatic carbocycles. The minimum absolute atomic E-state index is 0.388. The lowest BCUT2D eigenvalue weighted by atomic mass is 10.0. The van der Waals surface area contributed by atoms with Crippen molar-refractivity contribution in [1.29, 1.82) is 0 Å². The highest BCUT2D eigenvalue weighted by atomic mass is 15.1. The molecule has 1 atom stereocenters. The average molecular weight is 283 g/mol. The van der Waals surface area contributed by atoms with E-state index in [1.807, 2.05) is 25.4 Å². The van der Waals surface area contributed by atoms with Gasteiger partial charge in [-0.2, -0.15) is 0 Å². The number of benzene rings is 1. The molecule has 1 N–H and O–H groups in total. The Balaban J connectivity index is 2.29. The van der Waals surface area contributed by atoms with Crippen molar-refractivity contribution in [3.05, 3.63) is 59.9 Å². The quantitative estimate of drug-likeness (QED) is 0.838. The lowest BCUT2D eigenvalue weighted by molar-refractivity contribution is 0.574. The standard InChI is InChI=1S/C18H25N3/c1-4-17(19-3)16-11-6-7-12-18(16)21(5-2)14-15-10-8-9-13-20-15/h6-13,17,19H,4-5,14H2,1-3H3. The second kappa shape index (κ2) is 7.79. The van der Waals surface area contributed by atoms with E-state index in [1.54, 1.807) is 0 Å². The molecule has 0 bridgehead atoms. The molecule has 0 aliphatic heterocycles. The molecule has 0 amide bonds. The molecule has 1 unspecified atom stereocenters. The van der Waals surface area contributed by atoms with Crippen LogP contribution in [-0.4, -0.2) is 18.6 Å². The van der Waals surface area contributed by atoms with Crippen molar-refractivity contribution in [1.82, 2.24) is 10.3 Å². The van der Waals surface area contributed by atoms with Gasteiger partial charge in [-0.15, -0.1) is 0 Å². The van der Waals surface area contributed by atoms with Gasteiger partial charge in [0.25, 0.3) is 0 Å². The number of anilines is 1. The van der Waals surface area contributed by atoms with Crippen LogP contribution in [0.25, 0.3) is 0 Å². The zero-order valence-electron chi connectivity index (χ0n) is 13.2. The number of rotatable bonds is 7. The van der Waals surface area contributed by atoms with E-state index in [2.05, 4.69) is 59.4 Å². The largest absolute Gasteiger partial charge is 0.366 e. The Labute approximate surface area is 128 Å². The molecule has 112 valence electrons. The van der Waals surface area contributed by atoms with Gasteiger partial charge in [-0.05, 0) is 44.2 Å². The fourth-order valence-electron chi connectivity index (χ4n) is 2.70. The monoisotopic (exact) mass is 283 g/mol. The zero-order valence-corrected chi connectivity index (χ0v) is 13.2. The molecule has 2 rings (SSSR count). The van der Waals surface area contributed by atoms with Crippen molar-refractivity contribution in [3.8, 4) is 0 Å². The SMILES string of the molecule is CCC(NC)c1ccccc1N(CC)Cc1ccccn1. The summed E-state index contributed by atoms with van der Waals surface area (Å²) in [7, 11) is 2.03. The highest BCUT2D eigenvalue weighted by Crippen LogP contribution is 2.28. The molecule has 2 aromatic rings. The second-order valence-electron chi connectivity index (χ2n) is 5.14. The summed E-state index contributed by atoms with van der Waals surface area (Å²) in [6, 6.07) is 15.1. The number of aromatic nitrogens is 1. The van der Waals surface area contributed by atoms with Crippen molar-refractivity contribution < 1.29 is 0 Å². The zero-order chi connectivity index (χ0) is 15.1. The molecule has 1 heterocycles. The van der Waals surface area contributed by atoms with E-state index in [9.17, 15) is 0 Å². The number of nitrogens with one attached hydrogen (secondary N) is 1. The molecule has 0 radical (unpaired) electrons. The van der Waals surface area contributed by atoms with Crippen LogP contribution < -0.4 is 10.2 Å². The van der Waals surface area contributed by atoms with Gasteiger partial charge < -0.3 is 10.2 Å². The summed E-state index contributed by atoms with van der Waals surface area (Å²) in [5, 5.41) is 3.41. The van der Waals surface area contributed by atoms with E-state index < -0.39 is 0 Å². The van der Waals surface area contributed by atoms with E-state index in [4.69, 9.17) is 0 Å². The average Bonchev–Trinajstić information content (AvgIpc) is 2.55. The maximum atomic E-state index is 4.45. The van der Waals surface area contributed by atoms with Gasteiger partial charge in [0, 0.05) is 24.5 Å². The number of nitrogens with zero attached hydrogens (tertiary/aromatic N) is 2. The van der Waals surface area contributed by atoms with Gasteiger partial charge in [0.15, 0.2) is 0 Å². The predicted molar refractivity (Wildman–Crippen MR) is 89.5 cm³/mol. The fourth-order valence-corrected chi connectivity index (χ4v) is 2.70. The van der Waals surface area contributed by atoms with Gasteiger partial charge in [-0.3, -0.25) is 4.98 Å². The first-order valence-electron chi connectivity index (χ1n) is 7.71. The van der Waals surface area contributed by atoms with Crippen molar-refractivity contribution in [3.63, 3.8) is 0 Å². The summed E-state index contributed by atoms with van der Waals surface area (Å²) in [4.78, 5) is 6.84. The van der Waals surface area contributed by atoms with Crippen molar-refractivity contribution in [2.45, 2.75) is 32.9 Å². The number of para-hydroxylation sites is 1. The second-order valence-corrected chi connectivity index (χ2v) is 5.14. The number of pyridine rings is 1. The van der Waals surface area contributed by atoms with Gasteiger partial charge in [0.2, 0.25) is 0 Å². The first kappa shape index (κ1) is 15.5. The molecule has 3 heteroatoms. The van der Waals surface area contributed by atoms with Crippen LogP contribution in [0.15, 0.2) is 48.7 Å². The smallest absolute Gasteiger partial charge is 0.0602 e. The summed E-state index contributed by atoms with van der Waals surface area (Å²) in [5.41, 5.74) is 3.76. The third-order valence-corrected chi connectivity index (χ3v) is 3.87. The van der Waals surface area contributed by atoms with Gasteiger partial charge in [0.05, 0.1) is 12.2 Å². The van der Waals surface area contributed by atoms with Crippen LogP contribution in [-0.2, 0) is 6.54 Å². The normalized spacial score (nSPS) is 12.1. The molecular weight excluding hydrogens is 258 g/mol. The molecule has 0 spiro atoms. The minimum Gasteiger partial charge on any atom is -0.366 e. The van der Waals surface area contributed by atoms with Crippen molar-refractivity contribution in [2.24, 2.45) is 0 Å². The Hall–Kier alpha value is -1.87. The van der Waals surface area contributed by atoms with Gasteiger partial charge in [-0.25, -0.2) is 0 Å². The molecule has 0 aliphatic rings. The van der Waals surface area contributed by atoms with Gasteiger partial charge >= 0.3 is 0 Å². The Kier molecular flexibility index (Phi) is 5.76. The molecule has 0 saturated heterocycles. The molecule has 0 fully saturated rings. The molecule has 1 aromatic heterocycles. The summed E-state index contributed by atoms with van der Waals surface area (Å²) in [6.07, 6.45) is 2.94. The van der Waals surface area contributed by atoms with Gasteiger partial charge in [0.1, 0.15) is 0 Å². The van der Waals surface area contributed by atoms with Crippen molar-refractivity contribution in [2.75, 3.05) is 18.5 Å². The third-order valence-electron chi connectivity index (χ3n) is 3.87. The summed E-state index contributed by atoms with van der Waals surface area (Å²) >= 11 is 0. The Morgan fingerprint density at radius 2 is 1.86 bits per heavy atom. The summed E-state index contributed by atoms with van der Waals surface area (Å²) in [6.45, 7) is 6.22. The topological polar surface area (TPSA) is 28.2 Å². The van der Waals surface area contributed by atoms with Gasteiger partial charge in [-0.1, -0.05) is 31.2 Å². The Morgan fingerprint density at radius 1 is 1.10 bits per heavy atom. The highest BCUT2D eigenvalue weighted by Gasteiger charge is 2.15. The Morgan fingerprint density at radius 3 is 2.48 bits per heavy atom. The highest BCUT2D eigenvalue weighted by molar-refractivity contribution is 5.55. The molecule has 1 aromatic carbocycles. The first-order chi connectivity index (χ1) is 10.3. The lowest BCUT2D eigenvalue weighted by Gasteiger charge is -2.28. The van der Waals surface area contributed by atoms with Crippen LogP contribution in [0.4, 0.5) is 5.69 Å². The van der Waals surface area contributed by atoms with E-state index in [-0.39, 0.29) is 0 Å². The van der Waals surface area contributed by atoms with Crippen LogP contribution in [0.1, 0.15) is 37.6 Å². The predicted octanol–water partition coefficient (Wildman–Crippen LogP) is 3.78. The van der Waals surface area contributed by atoms with E-state index in [0.717, 1.165) is 25.2 Å². The lowest BCUT2D eigenvalue weighted by Crippen LogP contribution is -2.26. The van der Waals surface area contributed by atoms with Crippen LogP contribution in [0.2, 0.25) is 0 Å². The van der Waals surface area contributed by atoms with E-state index >= 15 is 0 Å². The van der Waals surface area contributed by atoms with Crippen LogP contribution in [0.5, 0.6) is 0 Å². The molecular formula is C18H25N3. The first-order valence-corrected chi connectivity index (χ1v) is 7.71. The third kappa shape index (κ3) is 3.82. The van der Waals surface area contributed by atoms with Crippen LogP contribution in [0.3, 0.4) is 0 Å². The molecule has 21 heavy (non-hydrogen) atoms. The summed E-state index contributed by atoms with van der Waals surface area (Å²) < 4.78 is 0. The Bertz CT molecular complexity index is 535. The van der Waals surface area contributed by atoms with Crippen molar-refractivity contribution >= 4 is 5.69 Å². The maximum Gasteiger partial charge on any atom is 0.0602 e. The molecule has 0 saturated carbocycles. The maximum absolute atomic E-state index is 4.45. The van der Waals surface area contributed by atoms with E-state index in [0.29, 0.717) is 6.04 Å². The van der Waals surface area contributed by atoms with E-state index in [1.165, 1.54) is 11.3 Å². The van der Waals surface area contributed by atoms with Crippen LogP contribution >= 0.6 is 0 Å². The fraction of sp³-hybridized carbons (Fsp3) is 0.389. The van der Waals surface area contributed by atoms with Crippen LogP contribution in [0, 0.1) is 0 Å². The number of hydrogen-bond donors (Lipinski definition) is 1. The summed E-state index contributed by atoms with van der Waals surface area (Å²) in [5.74, 6) is 0. The molecule has 3 nitrogen and oxygen atoms in total. The minimum atomic E-state index is 0.388. The number of hydrogen-bond acceptors (Lipinski definition) is 3.